The van der Waals surface area contributed by atoms with Crippen LogP contribution >= 0.6 is 0 Å². The van der Waals surface area contributed by atoms with E-state index in [-0.39, 0.29) is 22.5 Å². The minimum absolute atomic E-state index is 0.129. The molecular weight excluding hydrogens is 296 g/mol. The zero-order valence-electron chi connectivity index (χ0n) is 15.4. The summed E-state index contributed by atoms with van der Waals surface area (Å²) >= 11 is 0. The Balaban J connectivity index is 1.69. The van der Waals surface area contributed by atoms with E-state index in [0.29, 0.717) is 17.6 Å². The minimum atomic E-state index is 0.129. The Morgan fingerprint density at radius 2 is 1.92 bits per heavy atom. The van der Waals surface area contributed by atoms with Crippen LogP contribution in [0.25, 0.3) is 0 Å². The molecule has 4 aliphatic carbocycles. The van der Waals surface area contributed by atoms with Crippen LogP contribution < -0.4 is 0 Å². The van der Waals surface area contributed by atoms with E-state index in [4.69, 9.17) is 0 Å². The van der Waals surface area contributed by atoms with Crippen molar-refractivity contribution in [1.82, 2.24) is 0 Å². The molecule has 130 valence electrons. The zero-order chi connectivity index (χ0) is 17.3. The van der Waals surface area contributed by atoms with Crippen LogP contribution in [-0.2, 0) is 9.59 Å². The van der Waals surface area contributed by atoms with Crippen molar-refractivity contribution in [2.75, 3.05) is 0 Å². The number of carbonyl (C=O) groups excluding carboxylic acids is 2. The third-order valence-electron chi connectivity index (χ3n) is 8.46. The van der Waals surface area contributed by atoms with Gasteiger partial charge < -0.3 is 0 Å². The third-order valence-corrected chi connectivity index (χ3v) is 8.46. The van der Waals surface area contributed by atoms with E-state index in [1.54, 1.807) is 6.92 Å². The molecule has 3 fully saturated rings. The van der Waals surface area contributed by atoms with Crippen LogP contribution in [0.2, 0.25) is 0 Å². The topological polar surface area (TPSA) is 34.1 Å². The van der Waals surface area contributed by atoms with E-state index in [1.165, 1.54) is 31.3 Å². The Hall–Kier alpha value is -1.18. The predicted molar refractivity (Wildman–Crippen MR) is 95.4 cm³/mol. The van der Waals surface area contributed by atoms with Crippen molar-refractivity contribution in [2.45, 2.75) is 65.7 Å². The van der Waals surface area contributed by atoms with Crippen molar-refractivity contribution >= 4 is 11.6 Å². The fourth-order valence-electron chi connectivity index (χ4n) is 7.27. The van der Waals surface area contributed by atoms with Crippen molar-refractivity contribution in [3.05, 3.63) is 23.8 Å². The Morgan fingerprint density at radius 3 is 2.62 bits per heavy atom. The second-order valence-corrected chi connectivity index (χ2v) is 9.43. The Bertz CT molecular complexity index is 657. The van der Waals surface area contributed by atoms with E-state index in [9.17, 15) is 9.59 Å². The summed E-state index contributed by atoms with van der Waals surface area (Å²) < 4.78 is 0. The maximum Gasteiger partial charge on any atom is 0.181 e. The molecule has 24 heavy (non-hydrogen) atoms. The van der Waals surface area contributed by atoms with Gasteiger partial charge in [0.1, 0.15) is 5.78 Å². The van der Waals surface area contributed by atoms with E-state index in [1.807, 2.05) is 6.08 Å². The molecule has 0 N–H and O–H groups in total. The SMILES string of the molecule is C=C1C[C@@]2(C)C(=CC1=O)CC[C@H]1[C@@H]3CC[C@H](C(C)=O)[C@@]3(C)CC[C@@H]12. The van der Waals surface area contributed by atoms with Gasteiger partial charge >= 0.3 is 0 Å². The number of Topliss-reactive ketones (excluding diaryl/α,β-unsaturated/α-hetero) is 1. The molecule has 0 aromatic heterocycles. The highest BCUT2D eigenvalue weighted by Crippen LogP contribution is 2.66. The normalized spacial score (nSPS) is 47.5. The molecule has 0 aromatic rings. The van der Waals surface area contributed by atoms with Crippen LogP contribution in [0, 0.1) is 34.5 Å². The molecule has 0 aliphatic heterocycles. The first-order valence-electron chi connectivity index (χ1n) is 9.71. The average molecular weight is 326 g/mol. The fraction of sp³-hybridized carbons (Fsp3) is 0.727. The number of allylic oxidation sites excluding steroid dienone is 2. The van der Waals surface area contributed by atoms with Gasteiger partial charge in [-0.15, -0.1) is 0 Å². The highest BCUT2D eigenvalue weighted by Gasteiger charge is 2.59. The van der Waals surface area contributed by atoms with Gasteiger partial charge in [-0.2, -0.15) is 0 Å². The highest BCUT2D eigenvalue weighted by molar-refractivity contribution is 6.05. The van der Waals surface area contributed by atoms with E-state index >= 15 is 0 Å². The molecular formula is C22H30O2. The molecule has 0 radical (unpaired) electrons. The summed E-state index contributed by atoms with van der Waals surface area (Å²) in [4.78, 5) is 24.3. The van der Waals surface area contributed by atoms with Gasteiger partial charge in [-0.3, -0.25) is 9.59 Å². The first-order valence-corrected chi connectivity index (χ1v) is 9.71. The molecule has 0 aromatic carbocycles. The lowest BCUT2D eigenvalue weighted by molar-refractivity contribution is -0.128. The molecule has 0 unspecified atom stereocenters. The monoisotopic (exact) mass is 326 g/mol. The smallest absolute Gasteiger partial charge is 0.181 e. The van der Waals surface area contributed by atoms with Gasteiger partial charge in [0.25, 0.3) is 0 Å². The van der Waals surface area contributed by atoms with E-state index < -0.39 is 0 Å². The standard InChI is InChI=1S/C22H30O2/c1-13-12-22(4)15(11-20(13)24)5-6-16-18-8-7-17(14(2)23)21(18,3)10-9-19(16)22/h11,16-19H,1,5-10,12H2,2-4H3/t16-,17+,18-,19-,21+,22-/m0/s1. The van der Waals surface area contributed by atoms with Gasteiger partial charge in [0.15, 0.2) is 5.78 Å². The molecule has 2 heteroatoms. The summed E-state index contributed by atoms with van der Waals surface area (Å²) in [7, 11) is 0. The quantitative estimate of drug-likeness (QED) is 0.643. The van der Waals surface area contributed by atoms with E-state index in [2.05, 4.69) is 20.4 Å². The maximum atomic E-state index is 12.2. The van der Waals surface area contributed by atoms with Crippen molar-refractivity contribution < 1.29 is 9.59 Å². The Morgan fingerprint density at radius 1 is 1.17 bits per heavy atom. The molecule has 6 atom stereocenters. The second-order valence-electron chi connectivity index (χ2n) is 9.43. The van der Waals surface area contributed by atoms with Crippen molar-refractivity contribution in [3.63, 3.8) is 0 Å². The van der Waals surface area contributed by atoms with Crippen LogP contribution in [0.1, 0.15) is 65.7 Å². The lowest BCUT2D eigenvalue weighted by atomic mass is 9.46. The Labute approximate surface area is 145 Å². The molecule has 0 bridgehead atoms. The van der Waals surface area contributed by atoms with Gasteiger partial charge in [0, 0.05) is 5.92 Å². The van der Waals surface area contributed by atoms with Crippen LogP contribution in [-0.4, -0.2) is 11.6 Å². The van der Waals surface area contributed by atoms with Gasteiger partial charge in [0.2, 0.25) is 0 Å². The number of rotatable bonds is 1. The minimum Gasteiger partial charge on any atom is -0.300 e. The van der Waals surface area contributed by atoms with Crippen molar-refractivity contribution in [3.8, 4) is 0 Å². The molecule has 3 saturated carbocycles. The number of hydrogen-bond acceptors (Lipinski definition) is 2. The number of hydrogen-bond donors (Lipinski definition) is 0. The fourth-order valence-corrected chi connectivity index (χ4v) is 7.27. The zero-order valence-corrected chi connectivity index (χ0v) is 15.4. The third kappa shape index (κ3) is 2.01. The first-order chi connectivity index (χ1) is 11.3. The number of ketones is 2. The van der Waals surface area contributed by atoms with Gasteiger partial charge in [-0.25, -0.2) is 0 Å². The van der Waals surface area contributed by atoms with Gasteiger partial charge in [-0.1, -0.05) is 26.0 Å². The van der Waals surface area contributed by atoms with Crippen LogP contribution in [0.4, 0.5) is 0 Å². The van der Waals surface area contributed by atoms with Crippen LogP contribution in [0.3, 0.4) is 0 Å². The van der Waals surface area contributed by atoms with Crippen molar-refractivity contribution in [1.29, 1.82) is 0 Å². The molecule has 0 heterocycles. The van der Waals surface area contributed by atoms with Crippen LogP contribution in [0.5, 0.6) is 0 Å². The molecule has 0 saturated heterocycles. The molecule has 2 nitrogen and oxygen atoms in total. The summed E-state index contributed by atoms with van der Waals surface area (Å²) in [6.07, 6.45) is 9.70. The predicted octanol–water partition coefficient (Wildman–Crippen LogP) is 4.89. The van der Waals surface area contributed by atoms with Crippen molar-refractivity contribution in [2.24, 2.45) is 34.5 Å². The molecule has 0 spiro atoms. The average Bonchev–Trinajstić information content (AvgIpc) is 2.86. The first kappa shape index (κ1) is 16.3. The van der Waals surface area contributed by atoms with Gasteiger partial charge in [-0.05, 0) is 92.1 Å². The largest absolute Gasteiger partial charge is 0.300 e. The maximum absolute atomic E-state index is 12.2. The summed E-state index contributed by atoms with van der Waals surface area (Å²) in [6, 6.07) is 0. The molecule has 4 aliphatic rings. The number of fused-ring (bicyclic) bond motifs is 5. The summed E-state index contributed by atoms with van der Waals surface area (Å²) in [5.74, 6) is 2.89. The lowest BCUT2D eigenvalue weighted by Crippen LogP contribution is -2.51. The summed E-state index contributed by atoms with van der Waals surface area (Å²) in [6.45, 7) is 10.6. The number of carbonyl (C=O) groups is 2. The molecule has 0 amide bonds. The highest BCUT2D eigenvalue weighted by atomic mass is 16.1. The van der Waals surface area contributed by atoms with E-state index in [0.717, 1.165) is 30.8 Å². The summed E-state index contributed by atoms with van der Waals surface area (Å²) in [5.41, 5.74) is 2.52. The second kappa shape index (κ2) is 5.16. The Kier molecular flexibility index (Phi) is 3.50. The van der Waals surface area contributed by atoms with Gasteiger partial charge in [0.05, 0.1) is 0 Å². The molecule has 4 rings (SSSR count). The summed E-state index contributed by atoms with van der Waals surface area (Å²) in [5, 5.41) is 0. The lowest BCUT2D eigenvalue weighted by Gasteiger charge is -2.58. The van der Waals surface area contributed by atoms with Crippen LogP contribution in [0.15, 0.2) is 23.8 Å².